The maximum atomic E-state index is 5.79. The standard InChI is InChI=1S/C16H21N3O/c1-2-17-10-6-9-15-18-19-16(20-15)14-11-13(14)12-7-4-3-5-8-12/h3-5,7-8,13-14,17H,2,6,9-11H2,1H3. The van der Waals surface area contributed by atoms with Crippen molar-refractivity contribution in [3.8, 4) is 0 Å². The average molecular weight is 271 g/mol. The van der Waals surface area contributed by atoms with Crippen molar-refractivity contribution in [3.05, 3.63) is 47.7 Å². The minimum atomic E-state index is 0.424. The summed E-state index contributed by atoms with van der Waals surface area (Å²) in [6.07, 6.45) is 3.04. The Labute approximate surface area is 119 Å². The summed E-state index contributed by atoms with van der Waals surface area (Å²) in [5.41, 5.74) is 1.38. The van der Waals surface area contributed by atoms with E-state index in [1.54, 1.807) is 0 Å². The van der Waals surface area contributed by atoms with Crippen LogP contribution in [0, 0.1) is 0 Å². The highest BCUT2D eigenvalue weighted by Crippen LogP contribution is 2.53. The van der Waals surface area contributed by atoms with Crippen LogP contribution in [-0.4, -0.2) is 23.3 Å². The predicted octanol–water partition coefficient (Wildman–Crippen LogP) is 2.88. The predicted molar refractivity (Wildman–Crippen MR) is 77.7 cm³/mol. The molecular formula is C16H21N3O. The molecule has 2 aromatic rings. The molecule has 0 radical (unpaired) electrons. The summed E-state index contributed by atoms with van der Waals surface area (Å²) in [4.78, 5) is 0. The monoisotopic (exact) mass is 271 g/mol. The minimum Gasteiger partial charge on any atom is -0.425 e. The third-order valence-electron chi connectivity index (χ3n) is 3.81. The van der Waals surface area contributed by atoms with Crippen LogP contribution in [-0.2, 0) is 6.42 Å². The number of aryl methyl sites for hydroxylation is 1. The third kappa shape index (κ3) is 3.07. The molecule has 1 saturated carbocycles. The summed E-state index contributed by atoms with van der Waals surface area (Å²) in [7, 11) is 0. The molecule has 0 aliphatic heterocycles. The second-order valence-electron chi connectivity index (χ2n) is 5.35. The fraction of sp³-hybridized carbons (Fsp3) is 0.500. The highest BCUT2D eigenvalue weighted by Gasteiger charge is 2.43. The fourth-order valence-corrected chi connectivity index (χ4v) is 2.60. The van der Waals surface area contributed by atoms with E-state index < -0.39 is 0 Å². The van der Waals surface area contributed by atoms with Crippen LogP contribution in [0.3, 0.4) is 0 Å². The molecule has 1 aliphatic rings. The SMILES string of the molecule is CCNCCCc1nnc(C2CC2c2ccccc2)o1. The minimum absolute atomic E-state index is 0.424. The van der Waals surface area contributed by atoms with E-state index in [1.807, 2.05) is 0 Å². The van der Waals surface area contributed by atoms with E-state index in [2.05, 4.69) is 52.8 Å². The second-order valence-corrected chi connectivity index (χ2v) is 5.35. The van der Waals surface area contributed by atoms with E-state index in [9.17, 15) is 0 Å². The second kappa shape index (κ2) is 6.18. The molecule has 0 spiro atoms. The summed E-state index contributed by atoms with van der Waals surface area (Å²) in [5.74, 6) is 2.58. The van der Waals surface area contributed by atoms with Gasteiger partial charge in [-0.05, 0) is 37.4 Å². The van der Waals surface area contributed by atoms with Crippen molar-refractivity contribution >= 4 is 0 Å². The van der Waals surface area contributed by atoms with Crippen LogP contribution in [0.2, 0.25) is 0 Å². The molecule has 0 amide bonds. The van der Waals surface area contributed by atoms with Gasteiger partial charge in [-0.25, -0.2) is 0 Å². The van der Waals surface area contributed by atoms with Crippen LogP contribution >= 0.6 is 0 Å². The van der Waals surface area contributed by atoms with Gasteiger partial charge >= 0.3 is 0 Å². The number of nitrogens with zero attached hydrogens (tertiary/aromatic N) is 2. The van der Waals surface area contributed by atoms with Gasteiger partial charge in [-0.3, -0.25) is 0 Å². The first-order chi connectivity index (χ1) is 9.88. The Hall–Kier alpha value is -1.68. The summed E-state index contributed by atoms with van der Waals surface area (Å²) in [6.45, 7) is 4.13. The molecule has 20 heavy (non-hydrogen) atoms. The number of aromatic nitrogens is 2. The zero-order valence-corrected chi connectivity index (χ0v) is 11.9. The first-order valence-corrected chi connectivity index (χ1v) is 7.46. The van der Waals surface area contributed by atoms with Crippen LogP contribution in [0.1, 0.15) is 48.9 Å². The fourth-order valence-electron chi connectivity index (χ4n) is 2.60. The van der Waals surface area contributed by atoms with Crippen molar-refractivity contribution in [1.82, 2.24) is 15.5 Å². The lowest BCUT2D eigenvalue weighted by molar-refractivity contribution is 0.442. The maximum absolute atomic E-state index is 5.79. The van der Waals surface area contributed by atoms with Gasteiger partial charge in [0, 0.05) is 12.3 Å². The molecular weight excluding hydrogens is 250 g/mol. The number of nitrogens with one attached hydrogen (secondary N) is 1. The van der Waals surface area contributed by atoms with E-state index >= 15 is 0 Å². The molecule has 0 saturated heterocycles. The first kappa shape index (κ1) is 13.3. The normalized spacial score (nSPS) is 21.1. The van der Waals surface area contributed by atoms with Crippen LogP contribution < -0.4 is 5.32 Å². The maximum Gasteiger partial charge on any atom is 0.220 e. The lowest BCUT2D eigenvalue weighted by Crippen LogP contribution is -2.14. The quantitative estimate of drug-likeness (QED) is 0.787. The van der Waals surface area contributed by atoms with Crippen molar-refractivity contribution in [2.24, 2.45) is 0 Å². The van der Waals surface area contributed by atoms with Gasteiger partial charge in [-0.1, -0.05) is 37.3 Å². The van der Waals surface area contributed by atoms with Crippen molar-refractivity contribution in [3.63, 3.8) is 0 Å². The van der Waals surface area contributed by atoms with Gasteiger partial charge < -0.3 is 9.73 Å². The van der Waals surface area contributed by atoms with Crippen LogP contribution in [0.15, 0.2) is 34.7 Å². The van der Waals surface area contributed by atoms with E-state index in [4.69, 9.17) is 4.42 Å². The van der Waals surface area contributed by atoms with Gasteiger partial charge in [-0.15, -0.1) is 10.2 Å². The molecule has 1 aromatic heterocycles. The molecule has 1 heterocycles. The lowest BCUT2D eigenvalue weighted by atomic mass is 10.1. The average Bonchev–Trinajstić information content (AvgIpc) is 3.16. The molecule has 1 N–H and O–H groups in total. The molecule has 3 rings (SSSR count). The number of hydrogen-bond donors (Lipinski definition) is 1. The summed E-state index contributed by atoms with van der Waals surface area (Å²) < 4.78 is 5.79. The van der Waals surface area contributed by atoms with E-state index in [-0.39, 0.29) is 0 Å². The topological polar surface area (TPSA) is 51.0 Å². The zero-order valence-electron chi connectivity index (χ0n) is 11.9. The van der Waals surface area contributed by atoms with Crippen LogP contribution in [0.4, 0.5) is 0 Å². The molecule has 0 bridgehead atoms. The summed E-state index contributed by atoms with van der Waals surface area (Å²) in [6, 6.07) is 10.6. The number of rotatable bonds is 7. The highest BCUT2D eigenvalue weighted by atomic mass is 16.4. The number of hydrogen-bond acceptors (Lipinski definition) is 4. The molecule has 106 valence electrons. The lowest BCUT2D eigenvalue weighted by Gasteiger charge is -1.98. The van der Waals surface area contributed by atoms with Gasteiger partial charge in [0.05, 0.1) is 0 Å². The van der Waals surface area contributed by atoms with E-state index in [0.717, 1.165) is 44.1 Å². The Morgan fingerprint density at radius 1 is 1.20 bits per heavy atom. The molecule has 2 unspecified atom stereocenters. The summed E-state index contributed by atoms with van der Waals surface area (Å²) >= 11 is 0. The van der Waals surface area contributed by atoms with E-state index in [1.165, 1.54) is 5.56 Å². The Balaban J connectivity index is 1.54. The molecule has 1 aliphatic carbocycles. The smallest absolute Gasteiger partial charge is 0.220 e. The Kier molecular flexibility index (Phi) is 4.11. The van der Waals surface area contributed by atoms with Gasteiger partial charge in [-0.2, -0.15) is 0 Å². The Morgan fingerprint density at radius 3 is 2.85 bits per heavy atom. The van der Waals surface area contributed by atoms with E-state index in [0.29, 0.717) is 11.8 Å². The van der Waals surface area contributed by atoms with Crippen LogP contribution in [0.5, 0.6) is 0 Å². The first-order valence-electron chi connectivity index (χ1n) is 7.46. The molecule has 2 atom stereocenters. The van der Waals surface area contributed by atoms with Crippen molar-refractivity contribution in [1.29, 1.82) is 0 Å². The number of benzene rings is 1. The highest BCUT2D eigenvalue weighted by molar-refractivity contribution is 5.30. The molecule has 1 aromatic carbocycles. The van der Waals surface area contributed by atoms with Crippen molar-refractivity contribution < 1.29 is 4.42 Å². The third-order valence-corrected chi connectivity index (χ3v) is 3.81. The molecule has 4 nitrogen and oxygen atoms in total. The van der Waals surface area contributed by atoms with Gasteiger partial charge in [0.25, 0.3) is 0 Å². The largest absolute Gasteiger partial charge is 0.425 e. The van der Waals surface area contributed by atoms with Gasteiger partial charge in [0.1, 0.15) is 0 Å². The zero-order chi connectivity index (χ0) is 13.8. The summed E-state index contributed by atoms with van der Waals surface area (Å²) in [5, 5.41) is 11.7. The molecule has 4 heteroatoms. The Bertz CT molecular complexity index is 538. The Morgan fingerprint density at radius 2 is 2.05 bits per heavy atom. The van der Waals surface area contributed by atoms with Gasteiger partial charge in [0.15, 0.2) is 0 Å². The van der Waals surface area contributed by atoms with Gasteiger partial charge in [0.2, 0.25) is 11.8 Å². The van der Waals surface area contributed by atoms with Crippen molar-refractivity contribution in [2.45, 2.75) is 38.0 Å². The molecule has 1 fully saturated rings. The van der Waals surface area contributed by atoms with Crippen molar-refractivity contribution in [2.75, 3.05) is 13.1 Å². The van der Waals surface area contributed by atoms with Crippen LogP contribution in [0.25, 0.3) is 0 Å².